The van der Waals surface area contributed by atoms with E-state index in [1.165, 1.54) is 12.1 Å². The summed E-state index contributed by atoms with van der Waals surface area (Å²) >= 11 is 0. The van der Waals surface area contributed by atoms with Crippen molar-refractivity contribution < 1.29 is 8.78 Å². The summed E-state index contributed by atoms with van der Waals surface area (Å²) in [6, 6.07) is 4.58. The van der Waals surface area contributed by atoms with Crippen LogP contribution in [0.1, 0.15) is 23.4 Å². The summed E-state index contributed by atoms with van der Waals surface area (Å²) in [5.74, 6) is 0. The lowest BCUT2D eigenvalue weighted by Crippen LogP contribution is -2.06. The molecule has 1 heterocycles. The van der Waals surface area contributed by atoms with Crippen LogP contribution >= 0.6 is 0 Å². The molecule has 5 heteroatoms. The monoisotopic (exact) mass is 197 g/mol. The standard InChI is InChI=1S/C9H9F2N3/c10-9(11)7-2-1-6(3-4-12)14-8(7)5-13/h1-2,9H,3,5,13H2. The fourth-order valence-electron chi connectivity index (χ4n) is 1.10. The van der Waals surface area contributed by atoms with Crippen LogP contribution in [0.15, 0.2) is 12.1 Å². The Morgan fingerprint density at radius 1 is 1.50 bits per heavy atom. The molecule has 14 heavy (non-hydrogen) atoms. The second kappa shape index (κ2) is 4.63. The van der Waals surface area contributed by atoms with Crippen LogP contribution in [0.2, 0.25) is 0 Å². The summed E-state index contributed by atoms with van der Waals surface area (Å²) in [6.07, 6.45) is -2.46. The van der Waals surface area contributed by atoms with Crippen molar-refractivity contribution in [2.75, 3.05) is 0 Å². The van der Waals surface area contributed by atoms with Crippen molar-refractivity contribution in [2.45, 2.75) is 19.4 Å². The van der Waals surface area contributed by atoms with Crippen molar-refractivity contribution in [2.24, 2.45) is 5.73 Å². The Hall–Kier alpha value is -1.54. The van der Waals surface area contributed by atoms with Crippen molar-refractivity contribution >= 4 is 0 Å². The van der Waals surface area contributed by atoms with Crippen molar-refractivity contribution in [3.05, 3.63) is 29.1 Å². The van der Waals surface area contributed by atoms with Gasteiger partial charge < -0.3 is 5.73 Å². The molecular weight excluding hydrogens is 188 g/mol. The zero-order valence-corrected chi connectivity index (χ0v) is 7.37. The zero-order chi connectivity index (χ0) is 10.6. The van der Waals surface area contributed by atoms with E-state index in [0.717, 1.165) is 0 Å². The highest BCUT2D eigenvalue weighted by molar-refractivity contribution is 5.25. The summed E-state index contributed by atoms with van der Waals surface area (Å²) in [6.45, 7) is -0.0427. The van der Waals surface area contributed by atoms with E-state index in [1.54, 1.807) is 0 Å². The first-order valence-corrected chi connectivity index (χ1v) is 4.03. The Morgan fingerprint density at radius 2 is 2.21 bits per heavy atom. The summed E-state index contributed by atoms with van der Waals surface area (Å²) in [7, 11) is 0. The second-order valence-corrected chi connectivity index (χ2v) is 2.68. The van der Waals surface area contributed by atoms with Crippen molar-refractivity contribution in [3.63, 3.8) is 0 Å². The molecule has 0 aliphatic carbocycles. The van der Waals surface area contributed by atoms with E-state index in [1.807, 2.05) is 6.07 Å². The van der Waals surface area contributed by atoms with E-state index in [4.69, 9.17) is 11.0 Å². The van der Waals surface area contributed by atoms with Crippen molar-refractivity contribution in [1.82, 2.24) is 4.98 Å². The molecular formula is C9H9F2N3. The van der Waals surface area contributed by atoms with E-state index in [0.29, 0.717) is 5.69 Å². The fraction of sp³-hybridized carbons (Fsp3) is 0.333. The highest BCUT2D eigenvalue weighted by Gasteiger charge is 2.13. The first kappa shape index (κ1) is 10.5. The van der Waals surface area contributed by atoms with Gasteiger partial charge in [0.05, 0.1) is 23.9 Å². The minimum absolute atomic E-state index is 0.0427. The molecule has 0 spiro atoms. The molecule has 0 radical (unpaired) electrons. The molecule has 0 saturated carbocycles. The molecule has 0 fully saturated rings. The van der Waals surface area contributed by atoms with E-state index in [2.05, 4.69) is 4.98 Å². The maximum absolute atomic E-state index is 12.4. The van der Waals surface area contributed by atoms with Crippen LogP contribution in [0.4, 0.5) is 8.78 Å². The molecule has 0 aliphatic rings. The van der Waals surface area contributed by atoms with Gasteiger partial charge in [-0.05, 0) is 12.1 Å². The second-order valence-electron chi connectivity index (χ2n) is 2.68. The SMILES string of the molecule is N#CCc1ccc(C(F)F)c(CN)n1. The topological polar surface area (TPSA) is 62.7 Å². The predicted octanol–water partition coefficient (Wildman–Crippen LogP) is 1.54. The summed E-state index contributed by atoms with van der Waals surface area (Å²) in [4.78, 5) is 3.87. The minimum Gasteiger partial charge on any atom is -0.325 e. The Bertz CT molecular complexity index is 358. The number of hydrogen-bond acceptors (Lipinski definition) is 3. The smallest absolute Gasteiger partial charge is 0.265 e. The Labute approximate surface area is 80.2 Å². The summed E-state index contributed by atoms with van der Waals surface area (Å²) in [5, 5.41) is 8.39. The largest absolute Gasteiger partial charge is 0.325 e. The minimum atomic E-state index is -2.57. The maximum Gasteiger partial charge on any atom is 0.265 e. The van der Waals surface area contributed by atoms with Crippen LogP contribution in [-0.4, -0.2) is 4.98 Å². The maximum atomic E-state index is 12.4. The number of nitrogens with zero attached hydrogens (tertiary/aromatic N) is 2. The molecule has 0 saturated heterocycles. The molecule has 0 unspecified atom stereocenters. The van der Waals surface area contributed by atoms with Crippen LogP contribution in [0.5, 0.6) is 0 Å². The first-order valence-electron chi connectivity index (χ1n) is 4.03. The van der Waals surface area contributed by atoms with Crippen molar-refractivity contribution in [3.8, 4) is 6.07 Å². The summed E-state index contributed by atoms with van der Waals surface area (Å²) in [5.41, 5.74) is 5.75. The van der Waals surface area contributed by atoms with Crippen LogP contribution in [-0.2, 0) is 13.0 Å². The molecule has 0 aliphatic heterocycles. The number of nitrogens with two attached hydrogens (primary N) is 1. The third-order valence-corrected chi connectivity index (χ3v) is 1.76. The van der Waals surface area contributed by atoms with Gasteiger partial charge in [-0.3, -0.25) is 4.98 Å². The van der Waals surface area contributed by atoms with Gasteiger partial charge in [-0.15, -0.1) is 0 Å². The van der Waals surface area contributed by atoms with Gasteiger partial charge in [0.1, 0.15) is 0 Å². The average molecular weight is 197 g/mol. The average Bonchev–Trinajstić information content (AvgIpc) is 2.17. The third kappa shape index (κ3) is 2.24. The number of alkyl halides is 2. The normalized spacial score (nSPS) is 10.2. The molecule has 3 nitrogen and oxygen atoms in total. The number of nitriles is 1. The lowest BCUT2D eigenvalue weighted by Gasteiger charge is -2.06. The lowest BCUT2D eigenvalue weighted by atomic mass is 10.1. The van der Waals surface area contributed by atoms with Crippen LogP contribution in [0.3, 0.4) is 0 Å². The van der Waals surface area contributed by atoms with Crippen molar-refractivity contribution in [1.29, 1.82) is 5.26 Å². The van der Waals surface area contributed by atoms with Crippen LogP contribution < -0.4 is 5.73 Å². The number of hydrogen-bond donors (Lipinski definition) is 1. The van der Waals surface area contributed by atoms with Gasteiger partial charge in [-0.2, -0.15) is 5.26 Å². The van der Waals surface area contributed by atoms with Crippen LogP contribution in [0, 0.1) is 11.3 Å². The van der Waals surface area contributed by atoms with E-state index in [-0.39, 0.29) is 24.2 Å². The zero-order valence-electron chi connectivity index (χ0n) is 7.37. The Balaban J connectivity index is 3.06. The number of halogens is 2. The fourth-order valence-corrected chi connectivity index (χ4v) is 1.10. The number of aromatic nitrogens is 1. The quantitative estimate of drug-likeness (QED) is 0.799. The molecule has 0 amide bonds. The van der Waals surface area contributed by atoms with Gasteiger partial charge in [-0.1, -0.05) is 0 Å². The van der Waals surface area contributed by atoms with Crippen LogP contribution in [0.25, 0.3) is 0 Å². The van der Waals surface area contributed by atoms with E-state index in [9.17, 15) is 8.78 Å². The van der Waals surface area contributed by atoms with Gasteiger partial charge in [0.25, 0.3) is 6.43 Å². The molecule has 0 atom stereocenters. The van der Waals surface area contributed by atoms with E-state index < -0.39 is 6.43 Å². The predicted molar refractivity (Wildman–Crippen MR) is 46.4 cm³/mol. The third-order valence-electron chi connectivity index (χ3n) is 1.76. The molecule has 0 aromatic carbocycles. The molecule has 1 aromatic rings. The highest BCUT2D eigenvalue weighted by Crippen LogP contribution is 2.21. The van der Waals surface area contributed by atoms with Gasteiger partial charge in [0.15, 0.2) is 0 Å². The number of pyridine rings is 1. The molecule has 2 N–H and O–H groups in total. The molecule has 1 aromatic heterocycles. The molecule has 74 valence electrons. The lowest BCUT2D eigenvalue weighted by molar-refractivity contribution is 0.149. The molecule has 0 bridgehead atoms. The first-order chi connectivity index (χ1) is 6.69. The van der Waals surface area contributed by atoms with Gasteiger partial charge in [0.2, 0.25) is 0 Å². The highest BCUT2D eigenvalue weighted by atomic mass is 19.3. The Morgan fingerprint density at radius 3 is 2.71 bits per heavy atom. The van der Waals surface area contributed by atoms with Gasteiger partial charge in [0, 0.05) is 12.1 Å². The van der Waals surface area contributed by atoms with Gasteiger partial charge >= 0.3 is 0 Å². The molecule has 1 rings (SSSR count). The Kier molecular flexibility index (Phi) is 3.48. The summed E-state index contributed by atoms with van der Waals surface area (Å²) < 4.78 is 24.7. The number of rotatable bonds is 3. The van der Waals surface area contributed by atoms with E-state index >= 15 is 0 Å². The van der Waals surface area contributed by atoms with Gasteiger partial charge in [-0.25, -0.2) is 8.78 Å².